The first-order valence-electron chi connectivity index (χ1n) is 8.12. The molecule has 0 saturated heterocycles. The average molecular weight is 386 g/mol. The summed E-state index contributed by atoms with van der Waals surface area (Å²) in [6, 6.07) is 18.6. The number of benzene rings is 2. The van der Waals surface area contributed by atoms with Gasteiger partial charge in [0.05, 0.1) is 22.6 Å². The third kappa shape index (κ3) is 4.97. The number of rotatable bonds is 6. The van der Waals surface area contributed by atoms with Crippen LogP contribution in [-0.2, 0) is 6.42 Å². The van der Waals surface area contributed by atoms with Gasteiger partial charge in [0.1, 0.15) is 5.69 Å². The summed E-state index contributed by atoms with van der Waals surface area (Å²) in [6.45, 7) is 0.787. The number of amides is 1. The molecule has 0 saturated carbocycles. The van der Waals surface area contributed by atoms with E-state index >= 15 is 0 Å². The topological polar surface area (TPSA) is 54.0 Å². The van der Waals surface area contributed by atoms with Gasteiger partial charge in [-0.05, 0) is 42.3 Å². The van der Waals surface area contributed by atoms with Crippen LogP contribution in [0.5, 0.6) is 0 Å². The van der Waals surface area contributed by atoms with E-state index in [-0.39, 0.29) is 5.91 Å². The number of carbonyl (C=O) groups is 1. The van der Waals surface area contributed by atoms with Gasteiger partial charge in [-0.2, -0.15) is 0 Å². The highest BCUT2D eigenvalue weighted by molar-refractivity contribution is 6.35. The van der Waals surface area contributed by atoms with E-state index in [0.717, 1.165) is 18.7 Å². The second kappa shape index (κ2) is 8.70. The summed E-state index contributed by atoms with van der Waals surface area (Å²) in [5.74, 6) is -0.343. The highest BCUT2D eigenvalue weighted by atomic mass is 35.5. The van der Waals surface area contributed by atoms with Crippen molar-refractivity contribution in [3.05, 3.63) is 88.2 Å². The molecule has 0 bridgehead atoms. The molecular formula is C20H17Cl2N3O. The molecule has 1 amide bonds. The summed E-state index contributed by atoms with van der Waals surface area (Å²) < 4.78 is 0. The maximum absolute atomic E-state index is 12.3. The van der Waals surface area contributed by atoms with Crippen LogP contribution in [0.1, 0.15) is 16.1 Å². The molecule has 0 aliphatic rings. The molecule has 0 aliphatic heterocycles. The molecule has 132 valence electrons. The Balaban J connectivity index is 1.56. The Hall–Kier alpha value is -2.56. The number of carbonyl (C=O) groups excluding carboxylic acids is 1. The second-order valence-electron chi connectivity index (χ2n) is 5.67. The summed E-state index contributed by atoms with van der Waals surface area (Å²) in [7, 11) is 0. The Morgan fingerprint density at radius 1 is 1.00 bits per heavy atom. The SMILES string of the molecule is O=C(Nc1cc(Cl)ccc1Cl)c1ccc(NCCc2ccccc2)cn1. The molecule has 3 aromatic rings. The minimum Gasteiger partial charge on any atom is -0.383 e. The van der Waals surface area contributed by atoms with Gasteiger partial charge in [0, 0.05) is 11.6 Å². The molecular weight excluding hydrogens is 369 g/mol. The van der Waals surface area contributed by atoms with Gasteiger partial charge < -0.3 is 10.6 Å². The fourth-order valence-corrected chi connectivity index (χ4v) is 2.75. The van der Waals surface area contributed by atoms with Crippen LogP contribution in [-0.4, -0.2) is 17.4 Å². The number of nitrogens with one attached hydrogen (secondary N) is 2. The predicted octanol–water partition coefficient (Wildman–Crippen LogP) is 5.30. The zero-order chi connectivity index (χ0) is 18.4. The van der Waals surface area contributed by atoms with Crippen molar-refractivity contribution in [1.82, 2.24) is 4.98 Å². The molecule has 4 nitrogen and oxygen atoms in total. The monoisotopic (exact) mass is 385 g/mol. The van der Waals surface area contributed by atoms with Crippen LogP contribution in [0.25, 0.3) is 0 Å². The third-order valence-corrected chi connectivity index (χ3v) is 4.32. The summed E-state index contributed by atoms with van der Waals surface area (Å²) in [5.41, 5.74) is 2.88. The van der Waals surface area contributed by atoms with Gasteiger partial charge in [0.2, 0.25) is 0 Å². The number of pyridine rings is 1. The van der Waals surface area contributed by atoms with Gasteiger partial charge in [-0.25, -0.2) is 4.98 Å². The maximum atomic E-state index is 12.3. The zero-order valence-corrected chi connectivity index (χ0v) is 15.4. The number of halogens is 2. The number of anilines is 2. The number of nitrogens with zero attached hydrogens (tertiary/aromatic N) is 1. The van der Waals surface area contributed by atoms with Gasteiger partial charge in [0.15, 0.2) is 0 Å². The Morgan fingerprint density at radius 2 is 1.81 bits per heavy atom. The van der Waals surface area contributed by atoms with Crippen molar-refractivity contribution in [3.8, 4) is 0 Å². The molecule has 6 heteroatoms. The number of aromatic nitrogens is 1. The van der Waals surface area contributed by atoms with Crippen LogP contribution in [0, 0.1) is 0 Å². The van der Waals surface area contributed by atoms with Crippen molar-refractivity contribution in [2.45, 2.75) is 6.42 Å². The Kier molecular flexibility index (Phi) is 6.10. The molecule has 0 aliphatic carbocycles. The standard InChI is InChI=1S/C20H17Cl2N3O/c21-15-6-8-17(22)19(12-15)25-20(26)18-9-7-16(13-24-18)23-11-10-14-4-2-1-3-5-14/h1-9,12-13,23H,10-11H2,(H,25,26). The summed E-state index contributed by atoms with van der Waals surface area (Å²) >= 11 is 12.0. The molecule has 1 heterocycles. The lowest BCUT2D eigenvalue weighted by Gasteiger charge is -2.09. The molecule has 2 N–H and O–H groups in total. The molecule has 0 fully saturated rings. The summed E-state index contributed by atoms with van der Waals surface area (Å²) in [5, 5.41) is 6.92. The second-order valence-corrected chi connectivity index (χ2v) is 6.52. The molecule has 0 radical (unpaired) electrons. The molecule has 0 atom stereocenters. The zero-order valence-electron chi connectivity index (χ0n) is 13.9. The van der Waals surface area contributed by atoms with Crippen LogP contribution in [0.4, 0.5) is 11.4 Å². The normalized spacial score (nSPS) is 10.4. The molecule has 2 aromatic carbocycles. The largest absolute Gasteiger partial charge is 0.383 e. The minimum atomic E-state index is -0.343. The molecule has 1 aromatic heterocycles. The fraction of sp³-hybridized carbons (Fsp3) is 0.100. The van der Waals surface area contributed by atoms with Gasteiger partial charge >= 0.3 is 0 Å². The highest BCUT2D eigenvalue weighted by Gasteiger charge is 2.10. The van der Waals surface area contributed by atoms with Crippen LogP contribution in [0.15, 0.2) is 66.9 Å². The van der Waals surface area contributed by atoms with Crippen LogP contribution < -0.4 is 10.6 Å². The lowest BCUT2D eigenvalue weighted by atomic mass is 10.1. The van der Waals surface area contributed by atoms with Crippen molar-refractivity contribution >= 4 is 40.5 Å². The molecule has 0 unspecified atom stereocenters. The van der Waals surface area contributed by atoms with Crippen molar-refractivity contribution in [1.29, 1.82) is 0 Å². The van der Waals surface area contributed by atoms with E-state index in [0.29, 0.717) is 21.4 Å². The number of hydrogen-bond donors (Lipinski definition) is 2. The van der Waals surface area contributed by atoms with Crippen LogP contribution in [0.3, 0.4) is 0 Å². The van der Waals surface area contributed by atoms with Gasteiger partial charge in [0.25, 0.3) is 5.91 Å². The van der Waals surface area contributed by atoms with Crippen molar-refractivity contribution in [3.63, 3.8) is 0 Å². The van der Waals surface area contributed by atoms with E-state index in [1.54, 1.807) is 30.5 Å². The first-order chi connectivity index (χ1) is 12.6. The lowest BCUT2D eigenvalue weighted by Crippen LogP contribution is -2.14. The smallest absolute Gasteiger partial charge is 0.274 e. The Labute approximate surface area is 162 Å². The van der Waals surface area contributed by atoms with Gasteiger partial charge in [-0.15, -0.1) is 0 Å². The van der Waals surface area contributed by atoms with E-state index in [1.165, 1.54) is 5.56 Å². The third-order valence-electron chi connectivity index (χ3n) is 3.76. The maximum Gasteiger partial charge on any atom is 0.274 e. The summed E-state index contributed by atoms with van der Waals surface area (Å²) in [6.07, 6.45) is 2.55. The van der Waals surface area contributed by atoms with E-state index in [4.69, 9.17) is 23.2 Å². The highest BCUT2D eigenvalue weighted by Crippen LogP contribution is 2.25. The predicted molar refractivity (Wildman–Crippen MR) is 107 cm³/mol. The lowest BCUT2D eigenvalue weighted by molar-refractivity contribution is 0.102. The summed E-state index contributed by atoms with van der Waals surface area (Å²) in [4.78, 5) is 16.5. The molecule has 26 heavy (non-hydrogen) atoms. The molecule has 0 spiro atoms. The van der Waals surface area contributed by atoms with E-state index < -0.39 is 0 Å². The van der Waals surface area contributed by atoms with E-state index in [2.05, 4.69) is 27.8 Å². The minimum absolute atomic E-state index is 0.301. The van der Waals surface area contributed by atoms with E-state index in [9.17, 15) is 4.79 Å². The van der Waals surface area contributed by atoms with Crippen molar-refractivity contribution in [2.24, 2.45) is 0 Å². The first kappa shape index (κ1) is 18.2. The Morgan fingerprint density at radius 3 is 2.54 bits per heavy atom. The van der Waals surface area contributed by atoms with Crippen LogP contribution >= 0.6 is 23.2 Å². The van der Waals surface area contributed by atoms with Gasteiger partial charge in [-0.1, -0.05) is 53.5 Å². The number of hydrogen-bond acceptors (Lipinski definition) is 3. The van der Waals surface area contributed by atoms with Crippen LogP contribution in [0.2, 0.25) is 10.0 Å². The Bertz CT molecular complexity index is 883. The van der Waals surface area contributed by atoms with Crippen molar-refractivity contribution in [2.75, 3.05) is 17.2 Å². The van der Waals surface area contributed by atoms with Gasteiger partial charge in [-0.3, -0.25) is 4.79 Å². The van der Waals surface area contributed by atoms with E-state index in [1.807, 2.05) is 24.3 Å². The molecule has 3 rings (SSSR count). The fourth-order valence-electron chi connectivity index (χ4n) is 2.41. The quantitative estimate of drug-likeness (QED) is 0.605. The first-order valence-corrected chi connectivity index (χ1v) is 8.88. The average Bonchev–Trinajstić information content (AvgIpc) is 2.66. The van der Waals surface area contributed by atoms with Crippen molar-refractivity contribution < 1.29 is 4.79 Å².